The van der Waals surface area contributed by atoms with E-state index in [0.717, 1.165) is 0 Å². The Morgan fingerprint density at radius 1 is 0.296 bits per heavy atom. The summed E-state index contributed by atoms with van der Waals surface area (Å²) in [6.45, 7) is 11.3. The summed E-state index contributed by atoms with van der Waals surface area (Å²) in [5, 5.41) is 0. The number of quaternary nitrogens is 1. The van der Waals surface area contributed by atoms with Crippen LogP contribution in [0.3, 0.4) is 0 Å². The molecule has 0 aliphatic rings. The summed E-state index contributed by atoms with van der Waals surface area (Å²) >= 11 is 0. The van der Waals surface area contributed by atoms with E-state index in [1.165, 1.54) is 148 Å². The number of hydrogen-bond acceptors (Lipinski definition) is 0. The highest BCUT2D eigenvalue weighted by atomic mass is 15.1. The van der Waals surface area contributed by atoms with Crippen LogP contribution in [-0.2, 0) is 0 Å². The van der Waals surface area contributed by atoms with Crippen LogP contribution >= 0.6 is 0 Å². The lowest BCUT2D eigenvalue weighted by molar-refractivity contribution is -0.900. The Labute approximate surface area is 174 Å². The van der Waals surface area contributed by atoms with Crippen molar-refractivity contribution in [1.29, 1.82) is 0 Å². The highest BCUT2D eigenvalue weighted by Crippen LogP contribution is 2.08. The van der Waals surface area contributed by atoms with E-state index in [1.807, 2.05) is 4.90 Å². The molecule has 0 fully saturated rings. The minimum Gasteiger partial charge on any atom is -0.335 e. The average molecular weight is 383 g/mol. The molecule has 0 radical (unpaired) electrons. The Bertz CT molecular complexity index is 235. The summed E-state index contributed by atoms with van der Waals surface area (Å²) in [5.41, 5.74) is 0. The van der Waals surface area contributed by atoms with Crippen molar-refractivity contribution in [3.05, 3.63) is 0 Å². The number of rotatable bonds is 23. The maximum atomic E-state index is 2.32. The Morgan fingerprint density at radius 2 is 0.519 bits per heavy atom. The Kier molecular flexibility index (Phi) is 24.0. The Hall–Kier alpha value is -0.0400. The maximum Gasteiger partial charge on any atom is 0.0770 e. The predicted molar refractivity (Wildman–Crippen MR) is 125 cm³/mol. The molecular formula is C26H56N+. The lowest BCUT2D eigenvalue weighted by Gasteiger charge is -2.20. The zero-order valence-corrected chi connectivity index (χ0v) is 19.8. The standard InChI is InChI=1S/C26H55N/c1-4-7-10-13-16-17-20-23-26-27(24-21-18-14-11-8-5-2)25-22-19-15-12-9-6-3/h4-26H2,1-3H3/p+1. The van der Waals surface area contributed by atoms with Crippen molar-refractivity contribution in [2.24, 2.45) is 0 Å². The number of nitrogens with one attached hydrogen (secondary N) is 1. The average Bonchev–Trinajstić information content (AvgIpc) is 2.68. The van der Waals surface area contributed by atoms with Crippen molar-refractivity contribution in [3.8, 4) is 0 Å². The molecule has 0 atom stereocenters. The fourth-order valence-corrected chi connectivity index (χ4v) is 4.19. The van der Waals surface area contributed by atoms with E-state index in [-0.39, 0.29) is 0 Å². The van der Waals surface area contributed by atoms with Gasteiger partial charge >= 0.3 is 0 Å². The molecule has 1 heteroatoms. The van der Waals surface area contributed by atoms with E-state index in [1.54, 1.807) is 0 Å². The fourth-order valence-electron chi connectivity index (χ4n) is 4.19. The number of unbranched alkanes of at least 4 members (excludes halogenated alkanes) is 17. The monoisotopic (exact) mass is 382 g/mol. The number of hydrogen-bond donors (Lipinski definition) is 1. The van der Waals surface area contributed by atoms with Gasteiger partial charge in [0.05, 0.1) is 19.6 Å². The van der Waals surface area contributed by atoms with Gasteiger partial charge in [-0.25, -0.2) is 0 Å². The van der Waals surface area contributed by atoms with Gasteiger partial charge in [0.15, 0.2) is 0 Å². The normalized spacial score (nSPS) is 11.6. The maximum absolute atomic E-state index is 2.32. The first kappa shape index (κ1) is 27.0. The van der Waals surface area contributed by atoms with E-state index in [2.05, 4.69) is 20.8 Å². The molecule has 0 bridgehead atoms. The van der Waals surface area contributed by atoms with Crippen LogP contribution in [0.2, 0.25) is 0 Å². The molecule has 1 nitrogen and oxygen atoms in total. The largest absolute Gasteiger partial charge is 0.335 e. The third kappa shape index (κ3) is 22.1. The molecule has 27 heavy (non-hydrogen) atoms. The van der Waals surface area contributed by atoms with Crippen molar-refractivity contribution >= 4 is 0 Å². The summed E-state index contributed by atoms with van der Waals surface area (Å²) in [4.78, 5) is 1.92. The van der Waals surface area contributed by atoms with Crippen LogP contribution in [0.15, 0.2) is 0 Å². The molecule has 0 spiro atoms. The topological polar surface area (TPSA) is 4.44 Å². The van der Waals surface area contributed by atoms with Gasteiger partial charge in [-0.05, 0) is 38.5 Å². The third-order valence-electron chi connectivity index (χ3n) is 6.15. The van der Waals surface area contributed by atoms with Crippen LogP contribution in [0.1, 0.15) is 149 Å². The molecule has 0 aliphatic heterocycles. The van der Waals surface area contributed by atoms with Gasteiger partial charge in [-0.3, -0.25) is 0 Å². The quantitative estimate of drug-likeness (QED) is 0.172. The molecule has 0 aromatic carbocycles. The van der Waals surface area contributed by atoms with Gasteiger partial charge in [-0.15, -0.1) is 0 Å². The first-order chi connectivity index (χ1) is 13.3. The zero-order valence-electron chi connectivity index (χ0n) is 19.8. The Balaban J connectivity index is 3.77. The molecule has 0 amide bonds. The summed E-state index contributed by atoms with van der Waals surface area (Å²) in [6, 6.07) is 0. The van der Waals surface area contributed by atoms with Gasteiger partial charge in [-0.2, -0.15) is 0 Å². The van der Waals surface area contributed by atoms with Crippen LogP contribution in [-0.4, -0.2) is 19.6 Å². The third-order valence-corrected chi connectivity index (χ3v) is 6.15. The zero-order chi connectivity index (χ0) is 19.8. The minimum atomic E-state index is 1.37. The summed E-state index contributed by atoms with van der Waals surface area (Å²) in [7, 11) is 0. The highest BCUT2D eigenvalue weighted by Gasteiger charge is 2.08. The molecule has 1 N–H and O–H groups in total. The fraction of sp³-hybridized carbons (Fsp3) is 1.00. The van der Waals surface area contributed by atoms with Gasteiger partial charge < -0.3 is 4.90 Å². The second-order valence-corrected chi connectivity index (χ2v) is 9.01. The minimum absolute atomic E-state index is 1.37. The lowest BCUT2D eigenvalue weighted by atomic mass is 10.1. The molecule has 0 aliphatic carbocycles. The van der Waals surface area contributed by atoms with Crippen molar-refractivity contribution in [3.63, 3.8) is 0 Å². The molecule has 0 heterocycles. The molecule has 0 aromatic rings. The van der Waals surface area contributed by atoms with Gasteiger partial charge in [0.2, 0.25) is 0 Å². The van der Waals surface area contributed by atoms with Gasteiger partial charge in [-0.1, -0.05) is 111 Å². The Morgan fingerprint density at radius 3 is 0.778 bits per heavy atom. The molecule has 0 unspecified atom stereocenters. The van der Waals surface area contributed by atoms with E-state index in [4.69, 9.17) is 0 Å². The first-order valence-electron chi connectivity index (χ1n) is 13.2. The highest BCUT2D eigenvalue weighted by molar-refractivity contribution is 4.48. The van der Waals surface area contributed by atoms with Gasteiger partial charge in [0.25, 0.3) is 0 Å². The molecule has 0 saturated carbocycles. The van der Waals surface area contributed by atoms with E-state index < -0.39 is 0 Å². The van der Waals surface area contributed by atoms with Crippen LogP contribution in [0.5, 0.6) is 0 Å². The van der Waals surface area contributed by atoms with E-state index in [9.17, 15) is 0 Å². The van der Waals surface area contributed by atoms with Crippen molar-refractivity contribution in [1.82, 2.24) is 0 Å². The molecular weight excluding hydrogens is 326 g/mol. The predicted octanol–water partition coefficient (Wildman–Crippen LogP) is 7.73. The first-order valence-corrected chi connectivity index (χ1v) is 13.2. The summed E-state index contributed by atoms with van der Waals surface area (Å²) < 4.78 is 0. The summed E-state index contributed by atoms with van der Waals surface area (Å²) in [5.74, 6) is 0. The molecule has 0 aromatic heterocycles. The molecule has 0 saturated heterocycles. The van der Waals surface area contributed by atoms with Gasteiger partial charge in [0, 0.05) is 0 Å². The van der Waals surface area contributed by atoms with Gasteiger partial charge in [0.1, 0.15) is 0 Å². The molecule has 164 valence electrons. The van der Waals surface area contributed by atoms with Crippen LogP contribution in [0.4, 0.5) is 0 Å². The van der Waals surface area contributed by atoms with Crippen molar-refractivity contribution < 1.29 is 4.90 Å². The summed E-state index contributed by atoms with van der Waals surface area (Å²) in [6.07, 6.45) is 29.0. The van der Waals surface area contributed by atoms with E-state index >= 15 is 0 Å². The second kappa shape index (κ2) is 24.0. The van der Waals surface area contributed by atoms with Crippen LogP contribution < -0.4 is 4.90 Å². The SMILES string of the molecule is CCCCCCCCCC[NH+](CCCCCCCC)CCCCCCCC. The molecule has 0 rings (SSSR count). The van der Waals surface area contributed by atoms with Crippen molar-refractivity contribution in [2.45, 2.75) is 149 Å². The van der Waals surface area contributed by atoms with E-state index in [0.29, 0.717) is 0 Å². The second-order valence-electron chi connectivity index (χ2n) is 9.01. The van der Waals surface area contributed by atoms with Crippen LogP contribution in [0, 0.1) is 0 Å². The smallest absolute Gasteiger partial charge is 0.0770 e. The van der Waals surface area contributed by atoms with Crippen molar-refractivity contribution in [2.75, 3.05) is 19.6 Å². The van der Waals surface area contributed by atoms with Crippen LogP contribution in [0.25, 0.3) is 0 Å². The lowest BCUT2D eigenvalue weighted by Crippen LogP contribution is -3.12.